The Hall–Kier alpha value is -1.77. The first-order valence-corrected chi connectivity index (χ1v) is 3.79. The van der Waals surface area contributed by atoms with Crippen LogP contribution in [0.4, 0.5) is 0 Å². The van der Waals surface area contributed by atoms with Crippen LogP contribution in [0.1, 0.15) is 15.9 Å². The molecule has 13 heavy (non-hydrogen) atoms. The van der Waals surface area contributed by atoms with Crippen LogP contribution in [0, 0.1) is 0 Å². The average molecular weight is 177 g/mol. The molecule has 0 saturated heterocycles. The van der Waals surface area contributed by atoms with Crippen LogP contribution in [0.5, 0.6) is 5.75 Å². The van der Waals surface area contributed by atoms with Gasteiger partial charge in [-0.05, 0) is 12.1 Å². The molecule has 1 aromatic rings. The second-order valence-electron chi connectivity index (χ2n) is 2.53. The van der Waals surface area contributed by atoms with E-state index in [-0.39, 0.29) is 0 Å². The SMILES string of the molecule is C=Cc1ccc(C(N)=O)cc1OC. The van der Waals surface area contributed by atoms with Crippen molar-refractivity contribution >= 4 is 12.0 Å². The summed E-state index contributed by atoms with van der Waals surface area (Å²) in [4.78, 5) is 10.8. The van der Waals surface area contributed by atoms with Crippen LogP contribution in [0.25, 0.3) is 6.08 Å². The van der Waals surface area contributed by atoms with Gasteiger partial charge in [0.05, 0.1) is 7.11 Å². The number of hydrogen-bond donors (Lipinski definition) is 1. The van der Waals surface area contributed by atoms with Gasteiger partial charge in [-0.1, -0.05) is 18.7 Å². The minimum atomic E-state index is -0.464. The third-order valence-corrected chi connectivity index (χ3v) is 1.74. The van der Waals surface area contributed by atoms with E-state index in [1.807, 2.05) is 0 Å². The number of amides is 1. The Balaban J connectivity index is 3.20. The summed E-state index contributed by atoms with van der Waals surface area (Å²) in [5.41, 5.74) is 6.38. The number of hydrogen-bond acceptors (Lipinski definition) is 2. The van der Waals surface area contributed by atoms with E-state index >= 15 is 0 Å². The van der Waals surface area contributed by atoms with Gasteiger partial charge in [-0.3, -0.25) is 4.79 Å². The van der Waals surface area contributed by atoms with Crippen LogP contribution >= 0.6 is 0 Å². The lowest BCUT2D eigenvalue weighted by Gasteiger charge is -2.05. The number of carbonyl (C=O) groups is 1. The topological polar surface area (TPSA) is 52.3 Å². The third-order valence-electron chi connectivity index (χ3n) is 1.74. The number of methoxy groups -OCH3 is 1. The zero-order valence-electron chi connectivity index (χ0n) is 7.41. The first-order chi connectivity index (χ1) is 6.19. The lowest BCUT2D eigenvalue weighted by atomic mass is 10.1. The molecule has 2 N–H and O–H groups in total. The van der Waals surface area contributed by atoms with E-state index in [1.54, 1.807) is 24.3 Å². The molecule has 0 atom stereocenters. The zero-order valence-corrected chi connectivity index (χ0v) is 7.41. The standard InChI is InChI=1S/C10H11NO2/c1-3-7-4-5-8(10(11)12)6-9(7)13-2/h3-6H,1H2,2H3,(H2,11,12). The van der Waals surface area contributed by atoms with Gasteiger partial charge < -0.3 is 10.5 Å². The maximum absolute atomic E-state index is 10.8. The summed E-state index contributed by atoms with van der Waals surface area (Å²) in [7, 11) is 1.53. The van der Waals surface area contributed by atoms with Crippen LogP contribution in [0.2, 0.25) is 0 Å². The van der Waals surface area contributed by atoms with Gasteiger partial charge in [-0.25, -0.2) is 0 Å². The van der Waals surface area contributed by atoms with Crippen molar-refractivity contribution in [3.63, 3.8) is 0 Å². The summed E-state index contributed by atoms with van der Waals surface area (Å²) in [6.07, 6.45) is 1.66. The van der Waals surface area contributed by atoms with Crippen molar-refractivity contribution in [2.24, 2.45) is 5.73 Å². The number of primary amides is 1. The Morgan fingerprint density at radius 1 is 1.62 bits per heavy atom. The summed E-state index contributed by atoms with van der Waals surface area (Å²) in [5, 5.41) is 0. The zero-order chi connectivity index (χ0) is 9.84. The second kappa shape index (κ2) is 3.76. The predicted molar refractivity (Wildman–Crippen MR) is 51.6 cm³/mol. The highest BCUT2D eigenvalue weighted by molar-refractivity contribution is 5.93. The van der Waals surface area contributed by atoms with E-state index in [0.717, 1.165) is 5.56 Å². The molecule has 1 aromatic carbocycles. The first kappa shape index (κ1) is 9.32. The molecule has 0 heterocycles. The Kier molecular flexibility index (Phi) is 2.69. The maximum Gasteiger partial charge on any atom is 0.248 e. The van der Waals surface area contributed by atoms with Crippen LogP contribution in [-0.4, -0.2) is 13.0 Å². The summed E-state index contributed by atoms with van der Waals surface area (Å²) < 4.78 is 5.05. The largest absolute Gasteiger partial charge is 0.496 e. The molecular formula is C10H11NO2. The molecule has 3 nitrogen and oxygen atoms in total. The van der Waals surface area contributed by atoms with Crippen molar-refractivity contribution in [3.05, 3.63) is 35.9 Å². The van der Waals surface area contributed by atoms with Crippen molar-refractivity contribution in [1.29, 1.82) is 0 Å². The molecule has 0 aliphatic rings. The molecule has 0 aromatic heterocycles. The maximum atomic E-state index is 10.8. The van der Waals surface area contributed by atoms with E-state index in [4.69, 9.17) is 10.5 Å². The molecule has 3 heteroatoms. The fraction of sp³-hybridized carbons (Fsp3) is 0.100. The molecule has 0 radical (unpaired) electrons. The summed E-state index contributed by atoms with van der Waals surface area (Å²) in [5.74, 6) is 0.139. The highest BCUT2D eigenvalue weighted by Gasteiger charge is 2.04. The van der Waals surface area contributed by atoms with Gasteiger partial charge in [-0.15, -0.1) is 0 Å². The first-order valence-electron chi connectivity index (χ1n) is 3.79. The highest BCUT2D eigenvalue weighted by atomic mass is 16.5. The van der Waals surface area contributed by atoms with Crippen LogP contribution in [0.15, 0.2) is 24.8 Å². The van der Waals surface area contributed by atoms with E-state index in [1.165, 1.54) is 7.11 Å². The Labute approximate surface area is 76.8 Å². The van der Waals surface area contributed by atoms with Crippen LogP contribution < -0.4 is 10.5 Å². The highest BCUT2D eigenvalue weighted by Crippen LogP contribution is 2.20. The lowest BCUT2D eigenvalue weighted by Crippen LogP contribution is -2.10. The molecule has 68 valence electrons. The van der Waals surface area contributed by atoms with Gasteiger partial charge in [0.15, 0.2) is 0 Å². The van der Waals surface area contributed by atoms with Gasteiger partial charge in [0, 0.05) is 11.1 Å². The number of carbonyl (C=O) groups excluding carboxylic acids is 1. The number of nitrogens with two attached hydrogens (primary N) is 1. The molecule has 0 bridgehead atoms. The quantitative estimate of drug-likeness (QED) is 0.759. The van der Waals surface area contributed by atoms with Crippen molar-refractivity contribution in [3.8, 4) is 5.75 Å². The van der Waals surface area contributed by atoms with E-state index < -0.39 is 5.91 Å². The van der Waals surface area contributed by atoms with Crippen LogP contribution in [0.3, 0.4) is 0 Å². The second-order valence-corrected chi connectivity index (χ2v) is 2.53. The fourth-order valence-corrected chi connectivity index (χ4v) is 1.03. The van der Waals surface area contributed by atoms with Crippen molar-refractivity contribution in [2.45, 2.75) is 0 Å². The van der Waals surface area contributed by atoms with E-state index in [2.05, 4.69) is 6.58 Å². The minimum absolute atomic E-state index is 0.433. The molecule has 1 amide bonds. The van der Waals surface area contributed by atoms with E-state index in [9.17, 15) is 4.79 Å². The minimum Gasteiger partial charge on any atom is -0.496 e. The average Bonchev–Trinajstić information content (AvgIpc) is 2.16. The smallest absolute Gasteiger partial charge is 0.248 e. The van der Waals surface area contributed by atoms with E-state index in [0.29, 0.717) is 11.3 Å². The van der Waals surface area contributed by atoms with Crippen molar-refractivity contribution in [2.75, 3.05) is 7.11 Å². The van der Waals surface area contributed by atoms with Gasteiger partial charge in [-0.2, -0.15) is 0 Å². The van der Waals surface area contributed by atoms with Crippen molar-refractivity contribution in [1.82, 2.24) is 0 Å². The normalized spacial score (nSPS) is 9.31. The summed E-state index contributed by atoms with van der Waals surface area (Å²) in [6.45, 7) is 3.62. The summed E-state index contributed by atoms with van der Waals surface area (Å²) >= 11 is 0. The number of benzene rings is 1. The molecule has 0 aliphatic heterocycles. The van der Waals surface area contributed by atoms with Gasteiger partial charge >= 0.3 is 0 Å². The molecule has 0 fully saturated rings. The molecule has 1 rings (SSSR count). The van der Waals surface area contributed by atoms with Gasteiger partial charge in [0.1, 0.15) is 5.75 Å². The number of ether oxygens (including phenoxy) is 1. The monoisotopic (exact) mass is 177 g/mol. The molecule has 0 unspecified atom stereocenters. The Morgan fingerprint density at radius 3 is 2.77 bits per heavy atom. The van der Waals surface area contributed by atoms with Crippen molar-refractivity contribution < 1.29 is 9.53 Å². The fourth-order valence-electron chi connectivity index (χ4n) is 1.03. The predicted octanol–water partition coefficient (Wildman–Crippen LogP) is 1.44. The molecule has 0 saturated carbocycles. The van der Waals surface area contributed by atoms with Crippen LogP contribution in [-0.2, 0) is 0 Å². The lowest BCUT2D eigenvalue weighted by molar-refractivity contribution is 0.1000. The molecular weight excluding hydrogens is 166 g/mol. The summed E-state index contributed by atoms with van der Waals surface area (Å²) in [6, 6.07) is 4.98. The Bertz CT molecular complexity index is 345. The number of rotatable bonds is 3. The molecule has 0 spiro atoms. The van der Waals surface area contributed by atoms with Gasteiger partial charge in [0.2, 0.25) is 5.91 Å². The molecule has 0 aliphatic carbocycles. The third kappa shape index (κ3) is 1.87. The Morgan fingerprint density at radius 2 is 2.31 bits per heavy atom. The van der Waals surface area contributed by atoms with Gasteiger partial charge in [0.25, 0.3) is 0 Å².